The van der Waals surface area contributed by atoms with Crippen LogP contribution in [0.25, 0.3) is 0 Å². The molecule has 0 aliphatic rings. The average molecular weight is 223 g/mol. The predicted molar refractivity (Wildman–Crippen MR) is 66.5 cm³/mol. The highest BCUT2D eigenvalue weighted by atomic mass is 32.1. The van der Waals surface area contributed by atoms with Crippen molar-refractivity contribution in [1.82, 2.24) is 15.6 Å². The molecule has 1 aromatic heterocycles. The van der Waals surface area contributed by atoms with Crippen LogP contribution in [0.2, 0.25) is 0 Å². The molecule has 3 nitrogen and oxygen atoms in total. The molecule has 0 saturated heterocycles. The zero-order valence-corrected chi connectivity index (χ0v) is 9.97. The van der Waals surface area contributed by atoms with Crippen LogP contribution in [0.15, 0.2) is 24.4 Å². The average Bonchev–Trinajstić information content (AvgIpc) is 2.25. The van der Waals surface area contributed by atoms with E-state index in [2.05, 4.69) is 29.5 Å². The first-order valence-corrected chi connectivity index (χ1v) is 5.51. The maximum Gasteiger partial charge on any atom is 0.166 e. The van der Waals surface area contributed by atoms with Gasteiger partial charge in [-0.2, -0.15) is 0 Å². The first-order valence-electron chi connectivity index (χ1n) is 5.10. The van der Waals surface area contributed by atoms with E-state index in [1.165, 1.54) is 0 Å². The smallest absolute Gasteiger partial charge is 0.166 e. The number of nitrogens with zero attached hydrogens (tertiary/aromatic N) is 1. The number of rotatable bonds is 4. The standard InChI is InChI=1S/C11H17N3S/c1-9(2)7-13-11(15)14-8-10-5-3-4-6-12-10/h3-6,9H,7-8H2,1-2H3,(H2,13,14,15). The molecule has 1 aromatic rings. The molecule has 0 spiro atoms. The molecule has 0 saturated carbocycles. The van der Waals surface area contributed by atoms with E-state index in [1.807, 2.05) is 18.2 Å². The predicted octanol–water partition coefficient (Wildman–Crippen LogP) is 1.70. The van der Waals surface area contributed by atoms with Crippen molar-refractivity contribution in [1.29, 1.82) is 0 Å². The summed E-state index contributed by atoms with van der Waals surface area (Å²) in [5.41, 5.74) is 0.992. The Bertz CT molecular complexity index is 298. The molecule has 0 amide bonds. The minimum absolute atomic E-state index is 0.597. The van der Waals surface area contributed by atoms with Crippen LogP contribution in [0.5, 0.6) is 0 Å². The number of aromatic nitrogens is 1. The number of hydrogen-bond donors (Lipinski definition) is 2. The van der Waals surface area contributed by atoms with Crippen LogP contribution in [-0.2, 0) is 6.54 Å². The van der Waals surface area contributed by atoms with Crippen molar-refractivity contribution in [3.05, 3.63) is 30.1 Å². The normalized spacial score (nSPS) is 10.1. The zero-order valence-electron chi connectivity index (χ0n) is 9.16. The number of nitrogens with one attached hydrogen (secondary N) is 2. The van der Waals surface area contributed by atoms with E-state index in [9.17, 15) is 0 Å². The maximum atomic E-state index is 5.12. The van der Waals surface area contributed by atoms with Gasteiger partial charge in [0.1, 0.15) is 0 Å². The van der Waals surface area contributed by atoms with E-state index >= 15 is 0 Å². The third-order valence-corrected chi connectivity index (χ3v) is 2.12. The van der Waals surface area contributed by atoms with Crippen LogP contribution in [-0.4, -0.2) is 16.6 Å². The van der Waals surface area contributed by atoms with Crippen molar-refractivity contribution >= 4 is 17.3 Å². The second-order valence-electron chi connectivity index (χ2n) is 3.78. The van der Waals surface area contributed by atoms with Crippen LogP contribution in [0, 0.1) is 5.92 Å². The van der Waals surface area contributed by atoms with Gasteiger partial charge in [-0.3, -0.25) is 4.98 Å². The monoisotopic (exact) mass is 223 g/mol. The Kier molecular flexibility index (Phi) is 5.04. The van der Waals surface area contributed by atoms with Gasteiger partial charge in [0.15, 0.2) is 5.11 Å². The lowest BCUT2D eigenvalue weighted by Gasteiger charge is -2.11. The Balaban J connectivity index is 2.23. The third-order valence-electron chi connectivity index (χ3n) is 1.83. The Morgan fingerprint density at radius 1 is 1.40 bits per heavy atom. The molecule has 1 heterocycles. The molecule has 0 fully saturated rings. The molecule has 0 unspecified atom stereocenters. The van der Waals surface area contributed by atoms with Gasteiger partial charge in [-0.1, -0.05) is 19.9 Å². The van der Waals surface area contributed by atoms with Crippen molar-refractivity contribution < 1.29 is 0 Å². The lowest BCUT2D eigenvalue weighted by atomic mass is 10.2. The topological polar surface area (TPSA) is 37.0 Å². The largest absolute Gasteiger partial charge is 0.362 e. The quantitative estimate of drug-likeness (QED) is 0.762. The molecule has 82 valence electrons. The summed E-state index contributed by atoms with van der Waals surface area (Å²) < 4.78 is 0. The van der Waals surface area contributed by atoms with Crippen molar-refractivity contribution in [2.75, 3.05) is 6.54 Å². The van der Waals surface area contributed by atoms with Crippen molar-refractivity contribution in [3.63, 3.8) is 0 Å². The Hall–Kier alpha value is -1.16. The van der Waals surface area contributed by atoms with Gasteiger partial charge in [0, 0.05) is 12.7 Å². The Labute approximate surface area is 96.3 Å². The highest BCUT2D eigenvalue weighted by Crippen LogP contribution is 1.92. The molecule has 0 aliphatic carbocycles. The van der Waals surface area contributed by atoms with E-state index in [0.29, 0.717) is 17.6 Å². The van der Waals surface area contributed by atoms with Gasteiger partial charge in [0.25, 0.3) is 0 Å². The summed E-state index contributed by atoms with van der Waals surface area (Å²) in [4.78, 5) is 4.20. The van der Waals surface area contributed by atoms with Crippen LogP contribution >= 0.6 is 12.2 Å². The van der Waals surface area contributed by atoms with Gasteiger partial charge in [-0.05, 0) is 30.3 Å². The van der Waals surface area contributed by atoms with Crippen LogP contribution < -0.4 is 10.6 Å². The number of hydrogen-bond acceptors (Lipinski definition) is 2. The highest BCUT2D eigenvalue weighted by Gasteiger charge is 1.98. The van der Waals surface area contributed by atoms with Crippen molar-refractivity contribution in [2.45, 2.75) is 20.4 Å². The minimum Gasteiger partial charge on any atom is -0.362 e. The lowest BCUT2D eigenvalue weighted by Crippen LogP contribution is -2.36. The zero-order chi connectivity index (χ0) is 11.1. The Morgan fingerprint density at radius 3 is 2.80 bits per heavy atom. The molecule has 0 aromatic carbocycles. The lowest BCUT2D eigenvalue weighted by molar-refractivity contribution is 0.619. The highest BCUT2D eigenvalue weighted by molar-refractivity contribution is 7.80. The number of thiocarbonyl (C=S) groups is 1. The summed E-state index contributed by atoms with van der Waals surface area (Å²) in [6.45, 7) is 5.86. The summed E-state index contributed by atoms with van der Waals surface area (Å²) >= 11 is 5.12. The van der Waals surface area contributed by atoms with Crippen LogP contribution in [0.3, 0.4) is 0 Å². The van der Waals surface area contributed by atoms with Gasteiger partial charge >= 0.3 is 0 Å². The maximum absolute atomic E-state index is 5.12. The molecule has 0 radical (unpaired) electrons. The van der Waals surface area contributed by atoms with Crippen LogP contribution in [0.4, 0.5) is 0 Å². The molecular formula is C11H17N3S. The molecule has 2 N–H and O–H groups in total. The van der Waals surface area contributed by atoms with E-state index in [0.717, 1.165) is 12.2 Å². The van der Waals surface area contributed by atoms with Gasteiger partial charge in [-0.15, -0.1) is 0 Å². The summed E-state index contributed by atoms with van der Waals surface area (Å²) in [6.07, 6.45) is 1.78. The van der Waals surface area contributed by atoms with E-state index in [-0.39, 0.29) is 0 Å². The van der Waals surface area contributed by atoms with Gasteiger partial charge in [0.05, 0.1) is 12.2 Å². The first kappa shape index (κ1) is 11.9. The fourth-order valence-corrected chi connectivity index (χ4v) is 1.19. The summed E-state index contributed by atoms with van der Waals surface area (Å²) in [5.74, 6) is 0.597. The molecule has 0 aliphatic heterocycles. The number of pyridine rings is 1. The molecule has 1 rings (SSSR count). The summed E-state index contributed by atoms with van der Waals surface area (Å²) in [5, 5.41) is 6.95. The van der Waals surface area contributed by atoms with Gasteiger partial charge in [-0.25, -0.2) is 0 Å². The summed E-state index contributed by atoms with van der Waals surface area (Å²) in [7, 11) is 0. The molecular weight excluding hydrogens is 206 g/mol. The molecule has 4 heteroatoms. The Morgan fingerprint density at radius 2 is 2.20 bits per heavy atom. The SMILES string of the molecule is CC(C)CNC(=S)NCc1ccccn1. The molecule has 15 heavy (non-hydrogen) atoms. The van der Waals surface area contributed by atoms with Crippen LogP contribution in [0.1, 0.15) is 19.5 Å². The third kappa shape index (κ3) is 5.32. The fourth-order valence-electron chi connectivity index (χ4n) is 1.03. The second-order valence-corrected chi connectivity index (χ2v) is 4.19. The van der Waals surface area contributed by atoms with E-state index < -0.39 is 0 Å². The molecule has 0 bridgehead atoms. The van der Waals surface area contributed by atoms with Gasteiger partial charge < -0.3 is 10.6 Å². The van der Waals surface area contributed by atoms with Crippen molar-refractivity contribution in [2.24, 2.45) is 5.92 Å². The minimum atomic E-state index is 0.597. The summed E-state index contributed by atoms with van der Waals surface area (Å²) in [6, 6.07) is 5.84. The van der Waals surface area contributed by atoms with E-state index in [1.54, 1.807) is 6.20 Å². The second kappa shape index (κ2) is 6.35. The molecule has 0 atom stereocenters. The van der Waals surface area contributed by atoms with E-state index in [4.69, 9.17) is 12.2 Å². The van der Waals surface area contributed by atoms with Gasteiger partial charge in [0.2, 0.25) is 0 Å². The van der Waals surface area contributed by atoms with Crippen molar-refractivity contribution in [3.8, 4) is 0 Å². The fraction of sp³-hybridized carbons (Fsp3) is 0.455. The first-order chi connectivity index (χ1) is 7.18.